The molecule has 1 saturated heterocycles. The summed E-state index contributed by atoms with van der Waals surface area (Å²) in [6.07, 6.45) is 3.93. The molecular weight excluding hydrogens is 188 g/mol. The van der Waals surface area contributed by atoms with Gasteiger partial charge in [-0.05, 0) is 13.8 Å². The number of imidazole rings is 1. The van der Waals surface area contributed by atoms with Crippen LogP contribution in [-0.4, -0.2) is 46.7 Å². The molecule has 1 aromatic rings. The van der Waals surface area contributed by atoms with Crippen LogP contribution < -0.4 is 5.32 Å². The van der Waals surface area contributed by atoms with Gasteiger partial charge in [-0.2, -0.15) is 0 Å². The maximum atomic E-state index is 4.23. The molecule has 2 rings (SSSR count). The van der Waals surface area contributed by atoms with Gasteiger partial charge in [0.25, 0.3) is 0 Å². The van der Waals surface area contributed by atoms with E-state index in [0.717, 1.165) is 38.5 Å². The van der Waals surface area contributed by atoms with Crippen molar-refractivity contribution in [2.75, 3.05) is 26.2 Å². The Morgan fingerprint density at radius 3 is 3.07 bits per heavy atom. The fourth-order valence-corrected chi connectivity index (χ4v) is 2.09. The van der Waals surface area contributed by atoms with Gasteiger partial charge in [-0.3, -0.25) is 4.90 Å². The smallest absolute Gasteiger partial charge is 0.105 e. The minimum atomic E-state index is 0.655. The molecule has 1 aromatic heterocycles. The molecule has 1 aliphatic rings. The van der Waals surface area contributed by atoms with Gasteiger partial charge in [0.2, 0.25) is 0 Å². The summed E-state index contributed by atoms with van der Waals surface area (Å²) in [5.41, 5.74) is 0. The minimum Gasteiger partial charge on any atom is -0.334 e. The number of aromatic nitrogens is 2. The van der Waals surface area contributed by atoms with Gasteiger partial charge in [-0.15, -0.1) is 0 Å². The number of aryl methyl sites for hydroxylation is 1. The van der Waals surface area contributed by atoms with Gasteiger partial charge in [0.15, 0.2) is 0 Å². The van der Waals surface area contributed by atoms with E-state index in [1.54, 1.807) is 0 Å². The molecule has 2 heterocycles. The van der Waals surface area contributed by atoms with Gasteiger partial charge >= 0.3 is 0 Å². The molecule has 15 heavy (non-hydrogen) atoms. The van der Waals surface area contributed by atoms with Crippen molar-refractivity contribution in [1.29, 1.82) is 0 Å². The molecule has 0 bridgehead atoms. The Kier molecular flexibility index (Phi) is 3.38. The summed E-state index contributed by atoms with van der Waals surface area (Å²) in [5.74, 6) is 1.11. The number of nitrogens with zero attached hydrogens (tertiary/aromatic N) is 3. The van der Waals surface area contributed by atoms with Crippen LogP contribution in [0.3, 0.4) is 0 Å². The SMILES string of the molecule is Cc1nccn1CCN1CCNC[C@@H]1C. The molecule has 0 radical (unpaired) electrons. The Morgan fingerprint density at radius 2 is 2.40 bits per heavy atom. The average Bonchev–Trinajstić information content (AvgIpc) is 2.63. The van der Waals surface area contributed by atoms with Gasteiger partial charge in [0.05, 0.1) is 0 Å². The van der Waals surface area contributed by atoms with Crippen molar-refractivity contribution < 1.29 is 0 Å². The maximum Gasteiger partial charge on any atom is 0.105 e. The zero-order valence-corrected chi connectivity index (χ0v) is 9.61. The van der Waals surface area contributed by atoms with Crippen molar-refractivity contribution in [3.05, 3.63) is 18.2 Å². The first-order chi connectivity index (χ1) is 7.27. The molecule has 0 amide bonds. The summed E-state index contributed by atoms with van der Waals surface area (Å²) in [6.45, 7) is 9.91. The Hall–Kier alpha value is -0.870. The number of hydrogen-bond donors (Lipinski definition) is 1. The molecule has 4 nitrogen and oxygen atoms in total. The standard InChI is InChI=1S/C11H20N4/c1-10-9-12-3-5-14(10)7-8-15-6-4-13-11(15)2/h4,6,10,12H,3,5,7-9H2,1-2H3/t10-/m0/s1. The van der Waals surface area contributed by atoms with Crippen molar-refractivity contribution in [3.63, 3.8) is 0 Å². The second kappa shape index (κ2) is 4.77. The molecule has 0 saturated carbocycles. The lowest BCUT2D eigenvalue weighted by Crippen LogP contribution is -2.50. The number of piperazine rings is 1. The van der Waals surface area contributed by atoms with Crippen molar-refractivity contribution >= 4 is 0 Å². The van der Waals surface area contributed by atoms with Crippen LogP contribution in [0.5, 0.6) is 0 Å². The number of rotatable bonds is 3. The lowest BCUT2D eigenvalue weighted by molar-refractivity contribution is 0.167. The van der Waals surface area contributed by atoms with Gasteiger partial charge in [-0.25, -0.2) is 4.98 Å². The monoisotopic (exact) mass is 208 g/mol. The average molecular weight is 208 g/mol. The minimum absolute atomic E-state index is 0.655. The van der Waals surface area contributed by atoms with Crippen LogP contribution in [0, 0.1) is 6.92 Å². The number of nitrogens with one attached hydrogen (secondary N) is 1. The largest absolute Gasteiger partial charge is 0.334 e. The number of hydrogen-bond acceptors (Lipinski definition) is 3. The van der Waals surface area contributed by atoms with E-state index in [2.05, 4.69) is 39.8 Å². The van der Waals surface area contributed by atoms with E-state index in [9.17, 15) is 0 Å². The zero-order valence-electron chi connectivity index (χ0n) is 9.61. The fraction of sp³-hybridized carbons (Fsp3) is 0.727. The van der Waals surface area contributed by atoms with E-state index in [1.165, 1.54) is 0 Å². The highest BCUT2D eigenvalue weighted by Crippen LogP contribution is 2.03. The maximum absolute atomic E-state index is 4.23. The summed E-state index contributed by atoms with van der Waals surface area (Å²) in [6, 6.07) is 0.655. The summed E-state index contributed by atoms with van der Waals surface area (Å²) in [4.78, 5) is 6.77. The Labute approximate surface area is 91.3 Å². The molecule has 1 aliphatic heterocycles. The lowest BCUT2D eigenvalue weighted by Gasteiger charge is -2.33. The second-order valence-electron chi connectivity index (χ2n) is 4.26. The van der Waals surface area contributed by atoms with Gasteiger partial charge in [0.1, 0.15) is 5.82 Å². The third-order valence-corrected chi connectivity index (χ3v) is 3.19. The first-order valence-electron chi connectivity index (χ1n) is 5.70. The quantitative estimate of drug-likeness (QED) is 0.784. The Morgan fingerprint density at radius 1 is 1.53 bits per heavy atom. The Balaban J connectivity index is 1.84. The molecule has 1 atom stereocenters. The highest BCUT2D eigenvalue weighted by molar-refractivity contribution is 4.89. The van der Waals surface area contributed by atoms with Crippen molar-refractivity contribution in [1.82, 2.24) is 19.8 Å². The van der Waals surface area contributed by atoms with E-state index in [-0.39, 0.29) is 0 Å². The fourth-order valence-electron chi connectivity index (χ4n) is 2.09. The highest BCUT2D eigenvalue weighted by Gasteiger charge is 2.17. The van der Waals surface area contributed by atoms with E-state index < -0.39 is 0 Å². The van der Waals surface area contributed by atoms with E-state index in [0.29, 0.717) is 6.04 Å². The normalized spacial score (nSPS) is 23.2. The van der Waals surface area contributed by atoms with Crippen LogP contribution in [0.25, 0.3) is 0 Å². The van der Waals surface area contributed by atoms with Crippen LogP contribution in [0.1, 0.15) is 12.7 Å². The predicted molar refractivity (Wildman–Crippen MR) is 60.9 cm³/mol. The first-order valence-corrected chi connectivity index (χ1v) is 5.70. The summed E-state index contributed by atoms with van der Waals surface area (Å²) in [7, 11) is 0. The molecule has 4 heteroatoms. The van der Waals surface area contributed by atoms with Crippen molar-refractivity contribution in [3.8, 4) is 0 Å². The van der Waals surface area contributed by atoms with Gasteiger partial charge in [0, 0.05) is 51.2 Å². The first kappa shape index (κ1) is 10.6. The van der Waals surface area contributed by atoms with Crippen LogP contribution in [-0.2, 0) is 6.54 Å². The van der Waals surface area contributed by atoms with Gasteiger partial charge < -0.3 is 9.88 Å². The summed E-state index contributed by atoms with van der Waals surface area (Å²) >= 11 is 0. The second-order valence-corrected chi connectivity index (χ2v) is 4.26. The van der Waals surface area contributed by atoms with Crippen LogP contribution in [0.2, 0.25) is 0 Å². The summed E-state index contributed by atoms with van der Waals surface area (Å²) in [5, 5.41) is 3.41. The molecular formula is C11H20N4. The molecule has 84 valence electrons. The molecule has 1 fully saturated rings. The van der Waals surface area contributed by atoms with Gasteiger partial charge in [-0.1, -0.05) is 0 Å². The molecule has 0 aliphatic carbocycles. The summed E-state index contributed by atoms with van der Waals surface area (Å²) < 4.78 is 2.22. The van der Waals surface area contributed by atoms with Crippen LogP contribution >= 0.6 is 0 Å². The van der Waals surface area contributed by atoms with E-state index >= 15 is 0 Å². The highest BCUT2D eigenvalue weighted by atomic mass is 15.2. The van der Waals surface area contributed by atoms with Crippen LogP contribution in [0.4, 0.5) is 0 Å². The third-order valence-electron chi connectivity index (χ3n) is 3.19. The van der Waals surface area contributed by atoms with E-state index in [1.807, 2.05) is 6.20 Å². The Bertz CT molecular complexity index is 307. The lowest BCUT2D eigenvalue weighted by atomic mass is 10.2. The molecule has 0 spiro atoms. The van der Waals surface area contributed by atoms with E-state index in [4.69, 9.17) is 0 Å². The van der Waals surface area contributed by atoms with Crippen LogP contribution in [0.15, 0.2) is 12.4 Å². The molecule has 0 aromatic carbocycles. The zero-order chi connectivity index (χ0) is 10.7. The molecule has 0 unspecified atom stereocenters. The van der Waals surface area contributed by atoms with Crippen molar-refractivity contribution in [2.45, 2.75) is 26.4 Å². The molecule has 1 N–H and O–H groups in total. The van der Waals surface area contributed by atoms with Crippen molar-refractivity contribution in [2.24, 2.45) is 0 Å². The third kappa shape index (κ3) is 2.58. The topological polar surface area (TPSA) is 33.1 Å². The predicted octanol–water partition coefficient (Wildman–Crippen LogP) is 0.485.